The third-order valence-corrected chi connectivity index (χ3v) is 5.12. The SMILES string of the molecule is CCCNCc1ccc(N2CC3CCC2C3)c(Br)c1. The molecule has 104 valence electrons. The van der Waals surface area contributed by atoms with Crippen molar-refractivity contribution in [3.63, 3.8) is 0 Å². The smallest absolute Gasteiger partial charge is 0.0513 e. The van der Waals surface area contributed by atoms with Crippen molar-refractivity contribution >= 4 is 21.6 Å². The van der Waals surface area contributed by atoms with Crippen molar-refractivity contribution in [2.45, 2.75) is 45.2 Å². The molecule has 1 heterocycles. The lowest BCUT2D eigenvalue weighted by Gasteiger charge is -2.30. The van der Waals surface area contributed by atoms with E-state index in [9.17, 15) is 0 Å². The van der Waals surface area contributed by atoms with Crippen LogP contribution in [0, 0.1) is 5.92 Å². The molecule has 2 fully saturated rings. The summed E-state index contributed by atoms with van der Waals surface area (Å²) >= 11 is 3.77. The molecule has 1 N–H and O–H groups in total. The van der Waals surface area contributed by atoms with Crippen molar-refractivity contribution in [1.29, 1.82) is 0 Å². The van der Waals surface area contributed by atoms with Gasteiger partial charge in [0.1, 0.15) is 0 Å². The van der Waals surface area contributed by atoms with Crippen LogP contribution in [0.15, 0.2) is 22.7 Å². The maximum absolute atomic E-state index is 3.77. The first-order valence-corrected chi connectivity index (χ1v) is 8.33. The molecule has 2 bridgehead atoms. The predicted molar refractivity (Wildman–Crippen MR) is 84.6 cm³/mol. The molecule has 2 nitrogen and oxygen atoms in total. The van der Waals surface area contributed by atoms with Crippen LogP contribution in [0.25, 0.3) is 0 Å². The summed E-state index contributed by atoms with van der Waals surface area (Å²) in [6.45, 7) is 5.53. The van der Waals surface area contributed by atoms with Gasteiger partial charge in [-0.15, -0.1) is 0 Å². The molecular weight excluding hydrogens is 300 g/mol. The van der Waals surface area contributed by atoms with Gasteiger partial charge in [-0.05, 0) is 71.8 Å². The molecule has 2 aliphatic rings. The number of piperidine rings is 1. The van der Waals surface area contributed by atoms with Crippen molar-refractivity contribution in [3.05, 3.63) is 28.2 Å². The van der Waals surface area contributed by atoms with Gasteiger partial charge in [0, 0.05) is 23.6 Å². The van der Waals surface area contributed by atoms with Gasteiger partial charge >= 0.3 is 0 Å². The zero-order valence-electron chi connectivity index (χ0n) is 11.7. The Morgan fingerprint density at radius 3 is 2.89 bits per heavy atom. The van der Waals surface area contributed by atoms with Gasteiger partial charge in [-0.2, -0.15) is 0 Å². The van der Waals surface area contributed by atoms with E-state index in [0.717, 1.165) is 25.0 Å². The van der Waals surface area contributed by atoms with Crippen LogP contribution in [0.4, 0.5) is 5.69 Å². The average Bonchev–Trinajstić information content (AvgIpc) is 3.01. The first-order valence-electron chi connectivity index (χ1n) is 7.53. The van der Waals surface area contributed by atoms with E-state index in [1.54, 1.807) is 0 Å². The van der Waals surface area contributed by atoms with Gasteiger partial charge in [0.2, 0.25) is 0 Å². The molecule has 1 aliphatic carbocycles. The zero-order valence-corrected chi connectivity index (χ0v) is 13.2. The summed E-state index contributed by atoms with van der Waals surface area (Å²) in [5.41, 5.74) is 2.76. The summed E-state index contributed by atoms with van der Waals surface area (Å²) < 4.78 is 1.26. The Morgan fingerprint density at radius 2 is 2.26 bits per heavy atom. The third-order valence-electron chi connectivity index (χ3n) is 4.49. The molecule has 2 unspecified atom stereocenters. The highest BCUT2D eigenvalue weighted by Crippen LogP contribution is 2.42. The van der Waals surface area contributed by atoms with E-state index in [2.05, 4.69) is 51.3 Å². The molecular formula is C16H23BrN2. The number of nitrogens with one attached hydrogen (secondary N) is 1. The lowest BCUT2D eigenvalue weighted by molar-refractivity contribution is 0.553. The van der Waals surface area contributed by atoms with Gasteiger partial charge < -0.3 is 10.2 Å². The fraction of sp³-hybridized carbons (Fsp3) is 0.625. The molecule has 3 heteroatoms. The first kappa shape index (κ1) is 13.4. The molecule has 3 rings (SSSR count). The molecule has 1 saturated heterocycles. The molecule has 0 aromatic heterocycles. The van der Waals surface area contributed by atoms with Gasteiger partial charge in [-0.1, -0.05) is 13.0 Å². The zero-order chi connectivity index (χ0) is 13.2. The maximum atomic E-state index is 3.77. The van der Waals surface area contributed by atoms with E-state index in [-0.39, 0.29) is 0 Å². The highest BCUT2D eigenvalue weighted by Gasteiger charge is 2.38. The average molecular weight is 323 g/mol. The Bertz CT molecular complexity index is 446. The van der Waals surface area contributed by atoms with Crippen LogP contribution < -0.4 is 10.2 Å². The molecule has 1 aromatic rings. The molecule has 1 aliphatic heterocycles. The van der Waals surface area contributed by atoms with Crippen molar-refractivity contribution < 1.29 is 0 Å². The van der Waals surface area contributed by atoms with Crippen molar-refractivity contribution in [3.8, 4) is 0 Å². The van der Waals surface area contributed by atoms with E-state index in [0.29, 0.717) is 0 Å². The minimum absolute atomic E-state index is 0.797. The summed E-state index contributed by atoms with van der Waals surface area (Å²) in [6, 6.07) is 7.65. The van der Waals surface area contributed by atoms with Crippen molar-refractivity contribution in [1.82, 2.24) is 5.32 Å². The van der Waals surface area contributed by atoms with Crippen LogP contribution in [0.3, 0.4) is 0 Å². The summed E-state index contributed by atoms with van der Waals surface area (Å²) in [5.74, 6) is 0.947. The monoisotopic (exact) mass is 322 g/mol. The van der Waals surface area contributed by atoms with Crippen LogP contribution in [0.1, 0.15) is 38.2 Å². The Labute approximate surface area is 124 Å². The minimum atomic E-state index is 0.797. The highest BCUT2D eigenvalue weighted by molar-refractivity contribution is 9.10. The second-order valence-corrected chi connectivity index (χ2v) is 6.80. The van der Waals surface area contributed by atoms with E-state index < -0.39 is 0 Å². The fourth-order valence-electron chi connectivity index (χ4n) is 3.52. The largest absolute Gasteiger partial charge is 0.367 e. The number of hydrogen-bond donors (Lipinski definition) is 1. The Morgan fingerprint density at radius 1 is 1.37 bits per heavy atom. The Hall–Kier alpha value is -0.540. The van der Waals surface area contributed by atoms with Crippen LogP contribution in [0.2, 0.25) is 0 Å². The molecule has 1 saturated carbocycles. The number of benzene rings is 1. The van der Waals surface area contributed by atoms with Crippen LogP contribution >= 0.6 is 15.9 Å². The lowest BCUT2D eigenvalue weighted by Crippen LogP contribution is -2.32. The molecule has 19 heavy (non-hydrogen) atoms. The fourth-order valence-corrected chi connectivity index (χ4v) is 4.18. The number of anilines is 1. The summed E-state index contributed by atoms with van der Waals surface area (Å²) in [5, 5.41) is 3.46. The quantitative estimate of drug-likeness (QED) is 0.826. The van der Waals surface area contributed by atoms with Gasteiger partial charge in [-0.3, -0.25) is 0 Å². The molecule has 0 spiro atoms. The molecule has 0 amide bonds. The van der Waals surface area contributed by atoms with Crippen molar-refractivity contribution in [2.75, 3.05) is 18.0 Å². The standard InChI is InChI=1S/C16H23BrN2/c1-2-7-18-10-12-4-6-16(15(17)9-12)19-11-13-3-5-14(19)8-13/h4,6,9,13-14,18H,2-3,5,7-8,10-11H2,1H3. The van der Waals surface area contributed by atoms with Crippen LogP contribution in [-0.2, 0) is 6.54 Å². The minimum Gasteiger partial charge on any atom is -0.367 e. The normalized spacial score (nSPS) is 25.3. The Balaban J connectivity index is 1.69. The molecule has 2 atom stereocenters. The van der Waals surface area contributed by atoms with Crippen LogP contribution in [-0.4, -0.2) is 19.1 Å². The number of nitrogens with zero attached hydrogens (tertiary/aromatic N) is 1. The van der Waals surface area contributed by atoms with Gasteiger partial charge in [0.15, 0.2) is 0 Å². The summed E-state index contributed by atoms with van der Waals surface area (Å²) in [4.78, 5) is 2.61. The predicted octanol–water partition coefficient (Wildman–Crippen LogP) is 3.94. The van der Waals surface area contributed by atoms with Gasteiger partial charge in [0.05, 0.1) is 5.69 Å². The van der Waals surface area contributed by atoms with E-state index in [1.807, 2.05) is 0 Å². The van der Waals surface area contributed by atoms with Gasteiger partial charge in [-0.25, -0.2) is 0 Å². The number of rotatable bonds is 5. The summed E-state index contributed by atoms with van der Waals surface area (Å²) in [7, 11) is 0. The lowest BCUT2D eigenvalue weighted by atomic mass is 10.1. The second-order valence-electron chi connectivity index (χ2n) is 5.95. The molecule has 1 aromatic carbocycles. The van der Waals surface area contributed by atoms with E-state index in [4.69, 9.17) is 0 Å². The highest BCUT2D eigenvalue weighted by atomic mass is 79.9. The topological polar surface area (TPSA) is 15.3 Å². The summed E-state index contributed by atoms with van der Waals surface area (Å²) in [6.07, 6.45) is 5.43. The van der Waals surface area contributed by atoms with E-state index in [1.165, 1.54) is 48.0 Å². The first-order chi connectivity index (χ1) is 9.28. The van der Waals surface area contributed by atoms with Crippen molar-refractivity contribution in [2.24, 2.45) is 5.92 Å². The van der Waals surface area contributed by atoms with E-state index >= 15 is 0 Å². The second kappa shape index (κ2) is 5.84. The number of hydrogen-bond acceptors (Lipinski definition) is 2. The number of halogens is 1. The molecule has 0 radical (unpaired) electrons. The van der Waals surface area contributed by atoms with Crippen LogP contribution in [0.5, 0.6) is 0 Å². The Kier molecular flexibility index (Phi) is 4.13. The van der Waals surface area contributed by atoms with Gasteiger partial charge in [0.25, 0.3) is 0 Å². The number of fused-ring (bicyclic) bond motifs is 2. The maximum Gasteiger partial charge on any atom is 0.0513 e. The third kappa shape index (κ3) is 2.82.